The van der Waals surface area contributed by atoms with Gasteiger partial charge in [-0.2, -0.15) is 0 Å². The summed E-state index contributed by atoms with van der Waals surface area (Å²) in [5.41, 5.74) is 6.30. The van der Waals surface area contributed by atoms with Crippen molar-refractivity contribution in [3.8, 4) is 28.4 Å². The maximum atomic E-state index is 6.13. The fourth-order valence-corrected chi connectivity index (χ4v) is 5.21. The number of anilines is 1. The predicted octanol–water partition coefficient (Wildman–Crippen LogP) is 5.41. The SMILES string of the molecule is COc1ccccc1N1CCN(CCCCc2ccc(OC)c3c2-c2ccccc2CO3)CC1. The normalized spacial score (nSPS) is 15.3. The van der Waals surface area contributed by atoms with Crippen molar-refractivity contribution >= 4 is 5.69 Å². The molecule has 0 amide bonds. The van der Waals surface area contributed by atoms with Crippen LogP contribution >= 0.6 is 0 Å². The number of benzene rings is 3. The molecule has 2 aliphatic heterocycles. The Morgan fingerprint density at radius 1 is 0.794 bits per heavy atom. The number of rotatable bonds is 8. The summed E-state index contributed by atoms with van der Waals surface area (Å²) in [5, 5.41) is 0. The number of methoxy groups -OCH3 is 2. The van der Waals surface area contributed by atoms with Crippen molar-refractivity contribution in [2.75, 3.05) is 51.8 Å². The smallest absolute Gasteiger partial charge is 0.169 e. The minimum absolute atomic E-state index is 0.601. The van der Waals surface area contributed by atoms with Gasteiger partial charge >= 0.3 is 0 Å². The van der Waals surface area contributed by atoms with E-state index in [1.165, 1.54) is 34.4 Å². The molecule has 0 N–H and O–H groups in total. The highest BCUT2D eigenvalue weighted by Crippen LogP contribution is 2.45. The number of nitrogens with zero attached hydrogens (tertiary/aromatic N) is 2. The summed E-state index contributed by atoms with van der Waals surface area (Å²) in [6, 6.07) is 21.2. The predicted molar refractivity (Wildman–Crippen MR) is 137 cm³/mol. The van der Waals surface area contributed by atoms with Crippen molar-refractivity contribution in [3.63, 3.8) is 0 Å². The third kappa shape index (κ3) is 4.58. The second kappa shape index (κ2) is 10.4. The van der Waals surface area contributed by atoms with Crippen LogP contribution in [0.4, 0.5) is 5.69 Å². The van der Waals surface area contributed by atoms with Gasteiger partial charge in [-0.1, -0.05) is 42.5 Å². The molecule has 3 aromatic carbocycles. The molecule has 178 valence electrons. The first kappa shape index (κ1) is 22.6. The van der Waals surface area contributed by atoms with Crippen LogP contribution in [0.1, 0.15) is 24.0 Å². The summed E-state index contributed by atoms with van der Waals surface area (Å²) >= 11 is 0. The highest BCUT2D eigenvalue weighted by molar-refractivity contribution is 5.80. The molecule has 1 saturated heterocycles. The molecule has 0 aliphatic carbocycles. The highest BCUT2D eigenvalue weighted by atomic mass is 16.5. The number of aryl methyl sites for hydroxylation is 1. The second-order valence-electron chi connectivity index (χ2n) is 9.03. The third-order valence-electron chi connectivity index (χ3n) is 7.06. The van der Waals surface area contributed by atoms with E-state index in [4.69, 9.17) is 14.2 Å². The monoisotopic (exact) mass is 458 g/mol. The van der Waals surface area contributed by atoms with E-state index in [-0.39, 0.29) is 0 Å². The van der Waals surface area contributed by atoms with Crippen LogP contribution in [-0.4, -0.2) is 51.8 Å². The maximum Gasteiger partial charge on any atom is 0.169 e. The van der Waals surface area contributed by atoms with Gasteiger partial charge in [0.25, 0.3) is 0 Å². The third-order valence-corrected chi connectivity index (χ3v) is 7.06. The van der Waals surface area contributed by atoms with E-state index in [0.29, 0.717) is 6.61 Å². The molecule has 0 spiro atoms. The zero-order valence-corrected chi connectivity index (χ0v) is 20.3. The van der Waals surface area contributed by atoms with Crippen LogP contribution in [0.5, 0.6) is 17.2 Å². The van der Waals surface area contributed by atoms with E-state index in [2.05, 4.69) is 58.3 Å². The van der Waals surface area contributed by atoms with Gasteiger partial charge in [0.15, 0.2) is 11.5 Å². The van der Waals surface area contributed by atoms with E-state index < -0.39 is 0 Å². The summed E-state index contributed by atoms with van der Waals surface area (Å²) in [6.45, 7) is 6.02. The minimum atomic E-state index is 0.601. The van der Waals surface area contributed by atoms with Gasteiger partial charge in [-0.05, 0) is 60.7 Å². The zero-order valence-electron chi connectivity index (χ0n) is 20.3. The van der Waals surface area contributed by atoms with Crippen LogP contribution < -0.4 is 19.1 Å². The van der Waals surface area contributed by atoms with Gasteiger partial charge in [0.05, 0.1) is 19.9 Å². The fraction of sp³-hybridized carbons (Fsp3) is 0.379. The Morgan fingerprint density at radius 2 is 1.56 bits per heavy atom. The molecule has 34 heavy (non-hydrogen) atoms. The van der Waals surface area contributed by atoms with Crippen LogP contribution in [0.3, 0.4) is 0 Å². The molecule has 0 radical (unpaired) electrons. The number of unbranched alkanes of at least 4 members (excludes halogenated alkanes) is 1. The lowest BCUT2D eigenvalue weighted by molar-refractivity contribution is 0.252. The van der Waals surface area contributed by atoms with E-state index in [1.54, 1.807) is 14.2 Å². The largest absolute Gasteiger partial charge is 0.495 e. The summed E-state index contributed by atoms with van der Waals surface area (Å²) in [5.74, 6) is 2.68. The average Bonchev–Trinajstić information content (AvgIpc) is 2.91. The molecule has 5 heteroatoms. The lowest BCUT2D eigenvalue weighted by Gasteiger charge is -2.36. The topological polar surface area (TPSA) is 34.2 Å². The Labute approximate surface area is 202 Å². The molecule has 0 aromatic heterocycles. The molecule has 0 saturated carbocycles. The molecule has 2 heterocycles. The zero-order chi connectivity index (χ0) is 23.3. The molecule has 0 unspecified atom stereocenters. The Kier molecular flexibility index (Phi) is 6.91. The lowest BCUT2D eigenvalue weighted by Crippen LogP contribution is -2.46. The quantitative estimate of drug-likeness (QED) is 0.422. The van der Waals surface area contributed by atoms with Gasteiger partial charge < -0.3 is 19.1 Å². The number of para-hydroxylation sites is 2. The first-order chi connectivity index (χ1) is 16.8. The van der Waals surface area contributed by atoms with Crippen LogP contribution in [0, 0.1) is 0 Å². The Bertz CT molecular complexity index is 1120. The first-order valence-corrected chi connectivity index (χ1v) is 12.3. The van der Waals surface area contributed by atoms with Crippen molar-refractivity contribution in [2.24, 2.45) is 0 Å². The van der Waals surface area contributed by atoms with Crippen LogP contribution in [0.2, 0.25) is 0 Å². The van der Waals surface area contributed by atoms with E-state index in [0.717, 1.165) is 62.8 Å². The summed E-state index contributed by atoms with van der Waals surface area (Å²) in [4.78, 5) is 5.03. The van der Waals surface area contributed by atoms with Crippen LogP contribution in [-0.2, 0) is 13.0 Å². The van der Waals surface area contributed by atoms with Gasteiger partial charge in [-0.25, -0.2) is 0 Å². The summed E-state index contributed by atoms with van der Waals surface area (Å²) < 4.78 is 17.3. The Morgan fingerprint density at radius 3 is 2.38 bits per heavy atom. The van der Waals surface area contributed by atoms with Gasteiger partial charge in [-0.3, -0.25) is 4.90 Å². The lowest BCUT2D eigenvalue weighted by atomic mass is 9.90. The van der Waals surface area contributed by atoms with Crippen molar-refractivity contribution in [3.05, 3.63) is 71.8 Å². The molecule has 0 atom stereocenters. The van der Waals surface area contributed by atoms with Gasteiger partial charge in [-0.15, -0.1) is 0 Å². The number of hydrogen-bond acceptors (Lipinski definition) is 5. The van der Waals surface area contributed by atoms with Gasteiger partial charge in [0.2, 0.25) is 0 Å². The summed E-state index contributed by atoms with van der Waals surface area (Å²) in [6.07, 6.45) is 3.40. The van der Waals surface area contributed by atoms with E-state index in [9.17, 15) is 0 Å². The standard InChI is InChI=1S/C29H34N2O3/c1-32-26-13-6-5-12-25(26)31-19-17-30(18-20-31)16-8-7-9-22-14-15-27(33-2)29-28(22)24-11-4-3-10-23(24)21-34-29/h3-6,10-15H,7-9,16-21H2,1-2H3. The Balaban J connectivity index is 1.17. The van der Waals surface area contributed by atoms with Crippen LogP contribution in [0.25, 0.3) is 11.1 Å². The molecule has 0 bridgehead atoms. The molecule has 2 aliphatic rings. The first-order valence-electron chi connectivity index (χ1n) is 12.3. The maximum absolute atomic E-state index is 6.13. The van der Waals surface area contributed by atoms with Crippen molar-refractivity contribution in [1.82, 2.24) is 4.90 Å². The molecular formula is C29H34N2O3. The van der Waals surface area contributed by atoms with Gasteiger partial charge in [0, 0.05) is 31.7 Å². The van der Waals surface area contributed by atoms with Crippen molar-refractivity contribution in [2.45, 2.75) is 25.9 Å². The second-order valence-corrected chi connectivity index (χ2v) is 9.03. The number of ether oxygens (including phenoxy) is 3. The molecular weight excluding hydrogens is 424 g/mol. The van der Waals surface area contributed by atoms with Crippen molar-refractivity contribution in [1.29, 1.82) is 0 Å². The molecule has 5 nitrogen and oxygen atoms in total. The molecule has 3 aromatic rings. The number of hydrogen-bond donors (Lipinski definition) is 0. The van der Waals surface area contributed by atoms with Crippen LogP contribution in [0.15, 0.2) is 60.7 Å². The number of fused-ring (bicyclic) bond motifs is 3. The van der Waals surface area contributed by atoms with E-state index in [1.807, 2.05) is 12.1 Å². The average molecular weight is 459 g/mol. The molecule has 5 rings (SSSR count). The highest BCUT2D eigenvalue weighted by Gasteiger charge is 2.24. The van der Waals surface area contributed by atoms with Crippen molar-refractivity contribution < 1.29 is 14.2 Å². The minimum Gasteiger partial charge on any atom is -0.495 e. The number of piperazine rings is 1. The molecule has 1 fully saturated rings. The fourth-order valence-electron chi connectivity index (χ4n) is 5.21. The van der Waals surface area contributed by atoms with E-state index >= 15 is 0 Å². The van der Waals surface area contributed by atoms with Gasteiger partial charge in [0.1, 0.15) is 12.4 Å². The Hall–Kier alpha value is -3.18. The summed E-state index contributed by atoms with van der Waals surface area (Å²) in [7, 11) is 3.46.